The topological polar surface area (TPSA) is 97.0 Å². The molecule has 0 bridgehead atoms. The first-order valence-corrected chi connectivity index (χ1v) is 6.73. The normalized spacial score (nSPS) is 11.3. The van der Waals surface area contributed by atoms with Gasteiger partial charge in [-0.15, -0.1) is 5.10 Å². The van der Waals surface area contributed by atoms with Gasteiger partial charge in [0.25, 0.3) is 10.0 Å². The Morgan fingerprint density at radius 2 is 2.21 bits per heavy atom. The van der Waals surface area contributed by atoms with Crippen molar-refractivity contribution in [2.24, 2.45) is 0 Å². The fraction of sp³-hybridized carbons (Fsp3) is 0.111. The van der Waals surface area contributed by atoms with Gasteiger partial charge in [0.2, 0.25) is 5.95 Å². The molecule has 2 N–H and O–H groups in total. The molecule has 7 nitrogen and oxygen atoms in total. The standard InChI is InChI=1S/C9H8ClFN4O3S/c1-18-9-12-8(13-14-9)15-19(16,17)7-4-5(11)2-3-6(7)10/h2-4H,1H3,(H2,12,13,14,15). The molecule has 0 aliphatic carbocycles. The lowest BCUT2D eigenvalue weighted by molar-refractivity contribution is 0.382. The molecule has 1 aromatic heterocycles. The summed E-state index contributed by atoms with van der Waals surface area (Å²) in [6, 6.07) is 2.96. The summed E-state index contributed by atoms with van der Waals surface area (Å²) in [4.78, 5) is 3.28. The third-order valence-corrected chi connectivity index (χ3v) is 3.88. The van der Waals surface area contributed by atoms with E-state index < -0.39 is 20.7 Å². The lowest BCUT2D eigenvalue weighted by Crippen LogP contribution is -2.14. The summed E-state index contributed by atoms with van der Waals surface area (Å²) in [5, 5.41) is 5.75. The van der Waals surface area contributed by atoms with E-state index in [0.717, 1.165) is 18.2 Å². The van der Waals surface area contributed by atoms with E-state index in [0.29, 0.717) is 0 Å². The van der Waals surface area contributed by atoms with Crippen molar-refractivity contribution in [2.75, 3.05) is 11.8 Å². The number of rotatable bonds is 4. The molecule has 10 heteroatoms. The first kappa shape index (κ1) is 13.6. The zero-order chi connectivity index (χ0) is 14.0. The van der Waals surface area contributed by atoms with Crippen molar-refractivity contribution >= 4 is 27.6 Å². The van der Waals surface area contributed by atoms with E-state index in [4.69, 9.17) is 11.6 Å². The average Bonchev–Trinajstić information content (AvgIpc) is 2.79. The van der Waals surface area contributed by atoms with Crippen LogP contribution in [0.4, 0.5) is 10.3 Å². The Balaban J connectivity index is 2.34. The van der Waals surface area contributed by atoms with Crippen LogP contribution in [-0.4, -0.2) is 30.7 Å². The number of nitrogens with one attached hydrogen (secondary N) is 2. The van der Waals surface area contributed by atoms with Crippen molar-refractivity contribution < 1.29 is 17.5 Å². The highest BCUT2D eigenvalue weighted by Gasteiger charge is 2.20. The van der Waals surface area contributed by atoms with Gasteiger partial charge in [-0.1, -0.05) is 11.6 Å². The summed E-state index contributed by atoms with van der Waals surface area (Å²) in [7, 11) is -2.75. The number of aromatic amines is 1. The second kappa shape index (κ2) is 5.02. The maximum absolute atomic E-state index is 13.1. The molecule has 1 aromatic carbocycles. The summed E-state index contributed by atoms with van der Waals surface area (Å²) >= 11 is 5.72. The molecule has 0 unspecified atom stereocenters. The first-order valence-electron chi connectivity index (χ1n) is 4.86. The Morgan fingerprint density at radius 3 is 2.84 bits per heavy atom. The van der Waals surface area contributed by atoms with Gasteiger partial charge in [0.1, 0.15) is 10.7 Å². The van der Waals surface area contributed by atoms with E-state index in [-0.39, 0.29) is 17.0 Å². The van der Waals surface area contributed by atoms with Gasteiger partial charge in [0.15, 0.2) is 0 Å². The second-order valence-corrected chi connectivity index (χ2v) is 5.41. The van der Waals surface area contributed by atoms with E-state index in [2.05, 4.69) is 24.6 Å². The van der Waals surface area contributed by atoms with Crippen LogP contribution in [0.5, 0.6) is 6.01 Å². The quantitative estimate of drug-likeness (QED) is 0.890. The number of methoxy groups -OCH3 is 1. The molecular formula is C9H8ClFN4O3S. The number of hydrogen-bond donors (Lipinski definition) is 2. The van der Waals surface area contributed by atoms with E-state index in [1.165, 1.54) is 7.11 Å². The van der Waals surface area contributed by atoms with Crippen LogP contribution in [0.15, 0.2) is 23.1 Å². The third-order valence-electron chi connectivity index (χ3n) is 2.06. The van der Waals surface area contributed by atoms with Gasteiger partial charge in [0, 0.05) is 0 Å². The van der Waals surface area contributed by atoms with Gasteiger partial charge in [-0.3, -0.25) is 0 Å². The van der Waals surface area contributed by atoms with Gasteiger partial charge in [0.05, 0.1) is 12.1 Å². The molecule has 0 atom stereocenters. The highest BCUT2D eigenvalue weighted by atomic mass is 35.5. The number of halogens is 2. The van der Waals surface area contributed by atoms with Crippen LogP contribution in [0, 0.1) is 5.82 Å². The molecule has 2 rings (SSSR count). The van der Waals surface area contributed by atoms with E-state index in [1.807, 2.05) is 0 Å². The first-order chi connectivity index (χ1) is 8.92. The summed E-state index contributed by atoms with van der Waals surface area (Å²) in [6.07, 6.45) is 0. The minimum Gasteiger partial charge on any atom is -0.466 e. The molecule has 1 heterocycles. The van der Waals surface area contributed by atoms with E-state index >= 15 is 0 Å². The van der Waals surface area contributed by atoms with Crippen molar-refractivity contribution in [3.05, 3.63) is 29.0 Å². The SMILES string of the molecule is COc1n[nH]c(NS(=O)(=O)c2cc(F)ccc2Cl)n1. The molecule has 0 spiro atoms. The van der Waals surface area contributed by atoms with Crippen LogP contribution in [0.1, 0.15) is 0 Å². The largest absolute Gasteiger partial charge is 0.466 e. The number of nitrogens with zero attached hydrogens (tertiary/aromatic N) is 2. The fourth-order valence-corrected chi connectivity index (χ4v) is 2.72. The molecule has 0 radical (unpaired) electrons. The smallest absolute Gasteiger partial charge is 0.336 e. The maximum Gasteiger partial charge on any atom is 0.336 e. The van der Waals surface area contributed by atoms with Crippen LogP contribution in [0.25, 0.3) is 0 Å². The fourth-order valence-electron chi connectivity index (χ4n) is 1.25. The number of aromatic nitrogens is 3. The predicted molar refractivity (Wildman–Crippen MR) is 65.2 cm³/mol. The van der Waals surface area contributed by atoms with Crippen molar-refractivity contribution in [3.63, 3.8) is 0 Å². The molecule has 0 saturated heterocycles. The molecule has 19 heavy (non-hydrogen) atoms. The van der Waals surface area contributed by atoms with Crippen LogP contribution in [0.3, 0.4) is 0 Å². The molecule has 2 aromatic rings. The highest BCUT2D eigenvalue weighted by Crippen LogP contribution is 2.23. The second-order valence-electron chi connectivity index (χ2n) is 3.35. The third kappa shape index (κ3) is 2.93. The molecular weight excluding hydrogens is 299 g/mol. The Kier molecular flexibility index (Phi) is 3.58. The summed E-state index contributed by atoms with van der Waals surface area (Å²) in [5.41, 5.74) is 0. The van der Waals surface area contributed by atoms with Crippen LogP contribution < -0.4 is 9.46 Å². The summed E-state index contributed by atoms with van der Waals surface area (Å²) in [6.45, 7) is 0. The number of anilines is 1. The predicted octanol–water partition coefficient (Wildman–Crippen LogP) is 1.41. The van der Waals surface area contributed by atoms with Gasteiger partial charge < -0.3 is 4.74 Å². The Morgan fingerprint density at radius 1 is 1.47 bits per heavy atom. The summed E-state index contributed by atoms with van der Waals surface area (Å²) < 4.78 is 43.8. The molecule has 0 fully saturated rings. The van der Waals surface area contributed by atoms with Gasteiger partial charge >= 0.3 is 6.01 Å². The van der Waals surface area contributed by atoms with Crippen molar-refractivity contribution in [1.29, 1.82) is 0 Å². The molecule has 0 saturated carbocycles. The van der Waals surface area contributed by atoms with E-state index in [1.54, 1.807) is 0 Å². The van der Waals surface area contributed by atoms with Gasteiger partial charge in [-0.25, -0.2) is 22.6 Å². The Hall–Kier alpha value is -1.87. The number of ether oxygens (including phenoxy) is 1. The Bertz CT molecular complexity index is 703. The average molecular weight is 307 g/mol. The molecule has 0 aliphatic heterocycles. The monoisotopic (exact) mass is 306 g/mol. The molecule has 0 aliphatic rings. The van der Waals surface area contributed by atoms with Crippen LogP contribution in [0.2, 0.25) is 5.02 Å². The van der Waals surface area contributed by atoms with Crippen molar-refractivity contribution in [1.82, 2.24) is 15.2 Å². The zero-order valence-corrected chi connectivity index (χ0v) is 11.1. The molecule has 102 valence electrons. The van der Waals surface area contributed by atoms with E-state index in [9.17, 15) is 12.8 Å². The minimum atomic E-state index is -4.07. The molecule has 0 amide bonds. The number of hydrogen-bond acceptors (Lipinski definition) is 5. The van der Waals surface area contributed by atoms with Crippen molar-refractivity contribution in [2.45, 2.75) is 4.90 Å². The number of H-pyrrole nitrogens is 1. The van der Waals surface area contributed by atoms with Crippen LogP contribution >= 0.6 is 11.6 Å². The number of benzene rings is 1. The minimum absolute atomic E-state index is 0.0389. The lowest BCUT2D eigenvalue weighted by Gasteiger charge is -2.06. The lowest BCUT2D eigenvalue weighted by atomic mass is 10.3. The Labute approximate surface area is 112 Å². The van der Waals surface area contributed by atoms with Gasteiger partial charge in [-0.2, -0.15) is 4.98 Å². The maximum atomic E-state index is 13.1. The summed E-state index contributed by atoms with van der Waals surface area (Å²) in [5.74, 6) is -0.892. The number of sulfonamides is 1. The van der Waals surface area contributed by atoms with Crippen LogP contribution in [-0.2, 0) is 10.0 Å². The van der Waals surface area contributed by atoms with Crippen molar-refractivity contribution in [3.8, 4) is 6.01 Å². The zero-order valence-electron chi connectivity index (χ0n) is 9.52. The van der Waals surface area contributed by atoms with Gasteiger partial charge in [-0.05, 0) is 18.2 Å². The highest BCUT2D eigenvalue weighted by molar-refractivity contribution is 7.92.